The first-order valence-electron chi connectivity index (χ1n) is 33.0. The highest BCUT2D eigenvalue weighted by Crippen LogP contribution is 2.53. The van der Waals surface area contributed by atoms with E-state index in [9.17, 15) is 74.5 Å². The number of nitrogens with one attached hydrogen (secondary N) is 3. The number of carbonyl (C=O) groups excluding carboxylic acids is 3. The SMILES string of the molecule is COP(O)(=S)OCCCCOCC(COCCCOP(=O)(S)OCCCCO[C@@H]1OC(CO)[C@H](O)C(O)C1NC(C)=O)(COCCCOP(O)(=S)OCCCCO[C@@H]1OC(CO)[C@H](O)C(O)C1NC(C)=O)COCCCOP(O)(=S)OCCCCO[C@@H]1O[C@@H]2CC(O)[C@@H]2C(O)C1NC(C)=O. The maximum Gasteiger partial charge on any atom is 0.386 e. The molecule has 3 saturated heterocycles. The summed E-state index contributed by atoms with van der Waals surface area (Å²) in [5, 5.41) is 89.3. The van der Waals surface area contributed by atoms with E-state index >= 15 is 0 Å². The lowest BCUT2D eigenvalue weighted by atomic mass is 9.71. The Bertz CT molecular complexity index is 2450. The van der Waals surface area contributed by atoms with Gasteiger partial charge in [-0.05, 0) is 106 Å². The summed E-state index contributed by atoms with van der Waals surface area (Å²) in [5.41, 5.74) is -1.01. The number of carbonyl (C=O) groups is 3. The minimum absolute atomic E-state index is 0.00737. The molecule has 1 aliphatic carbocycles. The van der Waals surface area contributed by atoms with Gasteiger partial charge in [0, 0.05) is 86.5 Å². The van der Waals surface area contributed by atoms with Crippen LogP contribution in [0.2, 0.25) is 0 Å². The van der Waals surface area contributed by atoms with Crippen molar-refractivity contribution in [2.75, 3.05) is 139 Å². The zero-order valence-corrected chi connectivity index (χ0v) is 63.6. The highest BCUT2D eigenvalue weighted by atomic mass is 32.7. The Kier molecular flexibility index (Phi) is 44.5. The lowest BCUT2D eigenvalue weighted by Gasteiger charge is -2.52. The summed E-state index contributed by atoms with van der Waals surface area (Å²) in [6, 6.07) is -3.10. The van der Waals surface area contributed by atoms with Crippen LogP contribution in [0.1, 0.15) is 97.8 Å². The fourth-order valence-corrected chi connectivity index (χ4v) is 14.9. The average molecular weight is 1600 g/mol. The van der Waals surface area contributed by atoms with E-state index in [1.54, 1.807) is 0 Å². The second kappa shape index (κ2) is 48.3. The fourth-order valence-electron chi connectivity index (χ4n) is 10.4. The Morgan fingerprint density at radius 1 is 0.450 bits per heavy atom. The summed E-state index contributed by atoms with van der Waals surface area (Å²) < 4.78 is 115. The molecule has 3 aliphatic heterocycles. The van der Waals surface area contributed by atoms with Gasteiger partial charge in [-0.1, -0.05) is 12.2 Å². The molecule has 1 saturated carbocycles. The molecule has 14 unspecified atom stereocenters. The monoisotopic (exact) mass is 1600 g/mol. The Labute approximate surface area is 603 Å². The van der Waals surface area contributed by atoms with E-state index in [1.165, 1.54) is 27.9 Å². The Morgan fingerprint density at radius 3 is 1.10 bits per heavy atom. The molecule has 4 aliphatic rings. The maximum atomic E-state index is 13.1. The molecule has 4 fully saturated rings. The molecule has 0 aromatic rings. The minimum Gasteiger partial charge on any atom is -0.394 e. The van der Waals surface area contributed by atoms with Gasteiger partial charge in [0.1, 0.15) is 54.7 Å². The minimum atomic E-state index is -3.86. The number of aliphatic hydroxyl groups is 8. The molecule has 36 nitrogen and oxygen atoms in total. The molecule has 14 N–H and O–H groups in total. The first-order chi connectivity index (χ1) is 47.4. The van der Waals surface area contributed by atoms with Gasteiger partial charge in [-0.2, -0.15) is 0 Å². The molecule has 4 rings (SSSR count). The molecule has 0 aromatic carbocycles. The number of hydrogen-bond donors (Lipinski definition) is 15. The molecule has 3 heterocycles. The Balaban J connectivity index is 1.29. The largest absolute Gasteiger partial charge is 0.394 e. The molecule has 100 heavy (non-hydrogen) atoms. The van der Waals surface area contributed by atoms with Crippen LogP contribution in [0.5, 0.6) is 0 Å². The molecule has 0 aromatic heterocycles. The quantitative estimate of drug-likeness (QED) is 0.0211. The van der Waals surface area contributed by atoms with Crippen LogP contribution in [0, 0.1) is 11.3 Å². The van der Waals surface area contributed by atoms with E-state index in [-0.39, 0.29) is 138 Å². The fraction of sp³-hybridized carbons (Fsp3) is 0.946. The summed E-state index contributed by atoms with van der Waals surface area (Å²) in [6.45, 7) is -11.5. The molecule has 21 atom stereocenters. The Morgan fingerprint density at radius 2 is 0.750 bits per heavy atom. The van der Waals surface area contributed by atoms with Gasteiger partial charge in [0.15, 0.2) is 18.9 Å². The van der Waals surface area contributed by atoms with Gasteiger partial charge in [-0.3, -0.25) is 14.4 Å². The number of rotatable bonds is 56. The predicted octanol–water partition coefficient (Wildman–Crippen LogP) is -0.310. The number of ether oxygens (including phenoxy) is 10. The molecule has 0 radical (unpaired) electrons. The number of fused-ring (bicyclic) bond motifs is 1. The van der Waals surface area contributed by atoms with E-state index in [0.29, 0.717) is 57.8 Å². The van der Waals surface area contributed by atoms with Crippen molar-refractivity contribution in [1.82, 2.24) is 16.0 Å². The molecule has 3 amide bonds. The zero-order valence-electron chi connectivity index (χ0n) is 56.7. The third-order valence-electron chi connectivity index (χ3n) is 15.7. The summed E-state index contributed by atoms with van der Waals surface area (Å²) in [4.78, 5) is 67.0. The van der Waals surface area contributed by atoms with E-state index < -0.39 is 161 Å². The van der Waals surface area contributed by atoms with Crippen molar-refractivity contribution in [1.29, 1.82) is 0 Å². The van der Waals surface area contributed by atoms with Gasteiger partial charge in [0.25, 0.3) is 0 Å². The van der Waals surface area contributed by atoms with E-state index in [0.717, 1.165) is 0 Å². The molecule has 0 spiro atoms. The van der Waals surface area contributed by atoms with Crippen LogP contribution >= 0.6 is 39.2 Å². The smallest absolute Gasteiger partial charge is 0.386 e. The average Bonchev–Trinajstić information content (AvgIpc) is 0.758. The first-order valence-corrected chi connectivity index (χ1v) is 43.5. The van der Waals surface area contributed by atoms with Crippen LogP contribution in [0.25, 0.3) is 0 Å². The van der Waals surface area contributed by atoms with Crippen molar-refractivity contribution in [3.63, 3.8) is 0 Å². The summed E-state index contributed by atoms with van der Waals surface area (Å²) >= 11 is 19.5. The second-order valence-corrected chi connectivity index (χ2v) is 35.7. The van der Waals surface area contributed by atoms with Crippen LogP contribution in [0.4, 0.5) is 0 Å². The molecule has 588 valence electrons. The van der Waals surface area contributed by atoms with E-state index in [1.807, 2.05) is 0 Å². The number of unbranched alkanes of at least 4 members (excludes halogenated alkanes) is 4. The highest BCUT2D eigenvalue weighted by molar-refractivity contribution is 8.44. The van der Waals surface area contributed by atoms with E-state index in [4.69, 9.17) is 119 Å². The van der Waals surface area contributed by atoms with Crippen LogP contribution in [0.15, 0.2) is 0 Å². The molecular weight excluding hydrogens is 1490 g/mol. The number of thiol groups is 1. The lowest BCUT2D eigenvalue weighted by Crippen LogP contribution is -2.68. The first kappa shape index (κ1) is 92.2. The standard InChI is InChI=1S/C56H107N3O33P4S4/c1-37(62)57-45-50(68)44-40(65)30-41(44)90-53(45)80-20-6-10-24-84-94(72,98)87-27-13-17-77-34-56(33-76-16-5-9-23-83-93(71,97)75-4,35-78-18-14-28-88-95(73,99)85-25-11-7-21-81-54-46(58-38(2)63)51(69)48(66)42(31-60)91-54)36-79-19-15-29-89-96(74,100)86-26-12-8-22-82-55-47(59-39(3)64)52(70)49(67)43(32-61)92-55/h40-55,60-61,65-70H,5-36H2,1-4H3,(H,57,62)(H,58,63)(H,59,64)(H,71,97)(H,72,98)(H,73,99)(H,74,100)/t40?,41-,42?,43?,44+,45?,46?,47?,48+,49+,50?,51?,52?,53-,54-,55-,56?,93?,94?,95?,96?/m1/s1. The van der Waals surface area contributed by atoms with Crippen LogP contribution in [-0.4, -0.2) is 304 Å². The van der Waals surface area contributed by atoms with Gasteiger partial charge >= 0.3 is 27.0 Å². The van der Waals surface area contributed by atoms with Crippen molar-refractivity contribution in [2.45, 2.75) is 190 Å². The van der Waals surface area contributed by atoms with Gasteiger partial charge in [0.05, 0.1) is 110 Å². The predicted molar refractivity (Wildman–Crippen MR) is 366 cm³/mol. The van der Waals surface area contributed by atoms with Crippen molar-refractivity contribution in [2.24, 2.45) is 11.3 Å². The molecule has 44 heteroatoms. The second-order valence-electron chi connectivity index (χ2n) is 24.1. The number of amides is 3. The van der Waals surface area contributed by atoms with Crippen molar-refractivity contribution in [3.05, 3.63) is 0 Å². The molecule has 0 bridgehead atoms. The topological polar surface area (TPSA) is 493 Å². The van der Waals surface area contributed by atoms with Gasteiger partial charge in [-0.15, -0.1) is 0 Å². The highest BCUT2D eigenvalue weighted by Gasteiger charge is 2.55. The lowest BCUT2D eigenvalue weighted by molar-refractivity contribution is -0.298. The number of hydrogen-bond acceptors (Lipinski definition) is 33. The Hall–Kier alpha value is -0.220. The van der Waals surface area contributed by atoms with Crippen molar-refractivity contribution >= 4 is 92.3 Å². The van der Waals surface area contributed by atoms with Gasteiger partial charge in [-0.25, -0.2) is 4.57 Å². The molecular formula is C56H107N3O33P4S4. The normalized spacial score (nSPS) is 30.0. The van der Waals surface area contributed by atoms with Crippen molar-refractivity contribution < 1.29 is 158 Å². The van der Waals surface area contributed by atoms with Crippen LogP contribution in [0.3, 0.4) is 0 Å². The third-order valence-corrected chi connectivity index (χ3v) is 22.4. The summed E-state index contributed by atoms with van der Waals surface area (Å²) in [5.74, 6) is -1.93. The van der Waals surface area contributed by atoms with Gasteiger partial charge in [0.2, 0.25) is 17.7 Å². The van der Waals surface area contributed by atoms with Gasteiger partial charge < -0.3 is 155 Å². The number of aliphatic hydroxyl groups excluding tert-OH is 8. The van der Waals surface area contributed by atoms with E-state index in [2.05, 4.69) is 28.2 Å². The summed E-state index contributed by atoms with van der Waals surface area (Å²) in [7, 11) is 1.25. The third kappa shape index (κ3) is 35.0. The maximum absolute atomic E-state index is 13.1. The zero-order chi connectivity index (χ0) is 73.9. The van der Waals surface area contributed by atoms with Crippen molar-refractivity contribution in [3.8, 4) is 0 Å². The summed E-state index contributed by atoms with van der Waals surface area (Å²) in [6.07, 6.45) is -9.52. The van der Waals surface area contributed by atoms with Crippen LogP contribution < -0.4 is 16.0 Å². The van der Waals surface area contributed by atoms with Crippen LogP contribution in [-0.2, 0) is 138 Å².